The molecule has 4 N–H and O–H groups in total. The van der Waals surface area contributed by atoms with Crippen molar-refractivity contribution < 1.29 is 47.6 Å². The minimum absolute atomic E-state index is 0.0336. The number of aromatic nitrogens is 2. The molecule has 0 unspecified atom stereocenters. The number of carboxylic acid groups (broad SMARTS) is 1. The van der Waals surface area contributed by atoms with Crippen LogP contribution in [0.5, 0.6) is 0 Å². The molecule has 3 amide bonds. The number of ketones is 1. The van der Waals surface area contributed by atoms with Crippen LogP contribution < -0.4 is 16.0 Å². The molecule has 0 aliphatic carbocycles. The Morgan fingerprint density at radius 1 is 0.827 bits per heavy atom. The Balaban J connectivity index is 0.000000564. The number of carbonyl (C=O) groups excluding carboxylic acids is 4. The number of methoxy groups -OCH3 is 1. The zero-order valence-corrected chi connectivity index (χ0v) is 31.1. The lowest BCUT2D eigenvalue weighted by Crippen LogP contribution is -2.57. The molecular formula is C37H51N5O10. The van der Waals surface area contributed by atoms with Crippen LogP contribution in [0.4, 0.5) is 0 Å². The zero-order valence-electron chi connectivity index (χ0n) is 31.1. The molecule has 0 bridgehead atoms. The number of epoxide rings is 1. The SMILES string of the molecule is CC(C)c1cc(C(=O)O)no1.COCC[C@H](NC(=O)c1cc(C(C)C)on1)C(=O)N[C@@H](Cc1ccccc1)C(=O)N[C@@H](CC(C)C)C(=O)[C@@]1(C)CO1. The molecule has 4 rings (SSSR count). The maximum atomic E-state index is 13.6. The van der Waals surface area contributed by atoms with Crippen molar-refractivity contribution in [2.24, 2.45) is 5.92 Å². The summed E-state index contributed by atoms with van der Waals surface area (Å²) in [4.78, 5) is 63.5. The van der Waals surface area contributed by atoms with Crippen molar-refractivity contribution in [1.29, 1.82) is 0 Å². The molecule has 0 saturated carbocycles. The van der Waals surface area contributed by atoms with Crippen LogP contribution >= 0.6 is 0 Å². The summed E-state index contributed by atoms with van der Waals surface area (Å²) in [7, 11) is 1.49. The van der Waals surface area contributed by atoms with E-state index in [1.807, 2.05) is 71.9 Å². The molecule has 1 fully saturated rings. The number of ether oxygens (including phenoxy) is 2. The average molecular weight is 726 g/mol. The summed E-state index contributed by atoms with van der Waals surface area (Å²) in [5.41, 5.74) is -0.0719. The summed E-state index contributed by atoms with van der Waals surface area (Å²) >= 11 is 0. The lowest BCUT2D eigenvalue weighted by atomic mass is 9.93. The van der Waals surface area contributed by atoms with Crippen LogP contribution in [-0.4, -0.2) is 88.9 Å². The number of rotatable bonds is 18. The van der Waals surface area contributed by atoms with Crippen molar-refractivity contribution in [1.82, 2.24) is 26.3 Å². The maximum Gasteiger partial charge on any atom is 0.358 e. The van der Waals surface area contributed by atoms with Crippen molar-refractivity contribution in [2.45, 2.75) is 103 Å². The van der Waals surface area contributed by atoms with Gasteiger partial charge in [-0.25, -0.2) is 4.79 Å². The summed E-state index contributed by atoms with van der Waals surface area (Å²) in [5, 5.41) is 24.0. The van der Waals surface area contributed by atoms with Crippen LogP contribution in [0, 0.1) is 5.92 Å². The number of Topliss-reactive ketones (excluding diaryl/α,β-unsaturated/α-hetero) is 1. The lowest BCUT2D eigenvalue weighted by molar-refractivity contribution is -0.133. The number of benzene rings is 1. The highest BCUT2D eigenvalue weighted by Crippen LogP contribution is 2.29. The molecular weight excluding hydrogens is 674 g/mol. The predicted octanol–water partition coefficient (Wildman–Crippen LogP) is 4.05. The first kappa shape index (κ1) is 41.5. The van der Waals surface area contributed by atoms with Crippen molar-refractivity contribution in [3.05, 3.63) is 70.9 Å². The van der Waals surface area contributed by atoms with Crippen molar-refractivity contribution in [3.63, 3.8) is 0 Å². The highest BCUT2D eigenvalue weighted by molar-refractivity contribution is 5.99. The van der Waals surface area contributed by atoms with Crippen LogP contribution in [0.2, 0.25) is 0 Å². The Bertz CT molecular complexity index is 1640. The van der Waals surface area contributed by atoms with Gasteiger partial charge in [-0.05, 0) is 31.2 Å². The number of hydrogen-bond acceptors (Lipinski definition) is 11. The molecule has 2 aromatic heterocycles. The highest BCUT2D eigenvalue weighted by atomic mass is 16.6. The van der Waals surface area contributed by atoms with Crippen LogP contribution in [-0.2, 0) is 30.3 Å². The standard InChI is InChI=1S/C30H42N4O7.C7H9NO3/c1-18(2)14-22(26(35)30(5)17-40-30)32-28(37)23(15-20-10-8-7-9-11-20)33-27(36)21(12-13-39-6)31-29(38)24-16-25(19(3)4)41-34-24;1-4(2)6-3-5(7(9)10)8-11-6/h7-11,16,18-19,21-23H,12-15,17H2,1-6H3,(H,31,38)(H,32,37)(H,33,36);3-4H,1-2H3,(H,9,10)/t21-,22-,23-,30+;/m0./s1. The van der Waals surface area contributed by atoms with E-state index >= 15 is 0 Å². The molecule has 1 saturated heterocycles. The van der Waals surface area contributed by atoms with Crippen LogP contribution in [0.15, 0.2) is 51.5 Å². The van der Waals surface area contributed by atoms with E-state index < -0.39 is 47.4 Å². The smallest absolute Gasteiger partial charge is 0.358 e. The number of carbonyl (C=O) groups is 5. The number of amides is 3. The Morgan fingerprint density at radius 3 is 1.85 bits per heavy atom. The lowest BCUT2D eigenvalue weighted by Gasteiger charge is -2.26. The Labute approximate surface area is 303 Å². The number of hydrogen-bond donors (Lipinski definition) is 4. The quantitative estimate of drug-likeness (QED) is 0.137. The molecule has 0 spiro atoms. The van der Waals surface area contributed by atoms with Crippen LogP contribution in [0.25, 0.3) is 0 Å². The summed E-state index contributed by atoms with van der Waals surface area (Å²) in [6.07, 6.45) is 0.769. The summed E-state index contributed by atoms with van der Waals surface area (Å²) in [6, 6.07) is 9.42. The molecule has 3 aromatic rings. The zero-order chi connectivity index (χ0) is 38.6. The Kier molecular flexibility index (Phi) is 15.2. The first-order valence-electron chi connectivity index (χ1n) is 17.3. The number of nitrogens with one attached hydrogen (secondary N) is 3. The normalized spacial score (nSPS) is 16.8. The topological polar surface area (TPSA) is 215 Å². The van der Waals surface area contributed by atoms with Gasteiger partial charge in [-0.1, -0.05) is 82.2 Å². The van der Waals surface area contributed by atoms with E-state index in [1.54, 1.807) is 6.92 Å². The van der Waals surface area contributed by atoms with Gasteiger partial charge in [0.1, 0.15) is 29.2 Å². The minimum atomic E-state index is -1.05. The highest BCUT2D eigenvalue weighted by Gasteiger charge is 2.50. The molecule has 52 heavy (non-hydrogen) atoms. The van der Waals surface area contributed by atoms with Gasteiger partial charge >= 0.3 is 5.97 Å². The van der Waals surface area contributed by atoms with Crippen LogP contribution in [0.3, 0.4) is 0 Å². The molecule has 15 heteroatoms. The third kappa shape index (κ3) is 12.4. The summed E-state index contributed by atoms with van der Waals surface area (Å²) in [5.74, 6) is -1.40. The van der Waals surface area contributed by atoms with E-state index in [2.05, 4.69) is 26.3 Å². The van der Waals surface area contributed by atoms with Gasteiger partial charge in [0.05, 0.1) is 12.6 Å². The number of carboxylic acids is 1. The largest absolute Gasteiger partial charge is 0.476 e. The van der Waals surface area contributed by atoms with E-state index in [0.29, 0.717) is 24.5 Å². The second kappa shape index (κ2) is 19.1. The van der Waals surface area contributed by atoms with Crippen molar-refractivity contribution in [2.75, 3.05) is 20.3 Å². The van der Waals surface area contributed by atoms with E-state index in [9.17, 15) is 24.0 Å². The third-order valence-corrected chi connectivity index (χ3v) is 8.23. The van der Waals surface area contributed by atoms with Gasteiger partial charge < -0.3 is 39.6 Å². The second-order valence-electron chi connectivity index (χ2n) is 14.0. The first-order chi connectivity index (χ1) is 24.5. The molecule has 0 radical (unpaired) electrons. The van der Waals surface area contributed by atoms with Gasteiger partial charge in [-0.3, -0.25) is 19.2 Å². The monoisotopic (exact) mass is 725 g/mol. The minimum Gasteiger partial charge on any atom is -0.476 e. The van der Waals surface area contributed by atoms with Gasteiger partial charge in [0, 0.05) is 44.1 Å². The number of aromatic carboxylic acids is 1. The summed E-state index contributed by atoms with van der Waals surface area (Å²) in [6.45, 7) is 13.8. The van der Waals surface area contributed by atoms with E-state index in [1.165, 1.54) is 19.2 Å². The fourth-order valence-electron chi connectivity index (χ4n) is 4.99. The number of nitrogens with zero attached hydrogens (tertiary/aromatic N) is 2. The third-order valence-electron chi connectivity index (χ3n) is 8.23. The second-order valence-corrected chi connectivity index (χ2v) is 14.0. The van der Waals surface area contributed by atoms with Gasteiger partial charge in [0.25, 0.3) is 5.91 Å². The van der Waals surface area contributed by atoms with E-state index in [0.717, 1.165) is 5.56 Å². The molecule has 1 aromatic carbocycles. The molecule has 1 aliphatic rings. The fourth-order valence-corrected chi connectivity index (χ4v) is 4.99. The van der Waals surface area contributed by atoms with Gasteiger partial charge in [0.2, 0.25) is 11.8 Å². The fraction of sp³-hybridized carbons (Fsp3) is 0.541. The predicted molar refractivity (Wildman–Crippen MR) is 189 cm³/mol. The van der Waals surface area contributed by atoms with E-state index in [4.69, 9.17) is 23.6 Å². The van der Waals surface area contributed by atoms with Gasteiger partial charge in [-0.2, -0.15) is 0 Å². The first-order valence-corrected chi connectivity index (χ1v) is 17.3. The van der Waals surface area contributed by atoms with E-state index in [-0.39, 0.29) is 54.4 Å². The Morgan fingerprint density at radius 2 is 1.37 bits per heavy atom. The van der Waals surface area contributed by atoms with Crippen molar-refractivity contribution in [3.8, 4) is 0 Å². The Hall–Kier alpha value is -4.89. The molecule has 284 valence electrons. The van der Waals surface area contributed by atoms with Gasteiger partial charge in [-0.15, -0.1) is 0 Å². The summed E-state index contributed by atoms with van der Waals surface area (Å²) < 4.78 is 20.5. The average Bonchev–Trinajstić information content (AvgIpc) is 3.45. The molecule has 3 heterocycles. The van der Waals surface area contributed by atoms with Gasteiger partial charge in [0.15, 0.2) is 17.2 Å². The van der Waals surface area contributed by atoms with Crippen molar-refractivity contribution >= 4 is 29.5 Å². The molecule has 1 aliphatic heterocycles. The molecule has 15 nitrogen and oxygen atoms in total. The van der Waals surface area contributed by atoms with Crippen LogP contribution in [0.1, 0.15) is 111 Å². The maximum absolute atomic E-state index is 13.6. The molecule has 4 atom stereocenters.